The van der Waals surface area contributed by atoms with E-state index in [-0.39, 0.29) is 10.8 Å². The summed E-state index contributed by atoms with van der Waals surface area (Å²) in [5.74, 6) is 3.30. The monoisotopic (exact) mass is 494 g/mol. The predicted molar refractivity (Wildman–Crippen MR) is 148 cm³/mol. The highest BCUT2D eigenvalue weighted by atomic mass is 16.1. The second kappa shape index (κ2) is 8.72. The molecule has 6 atom stereocenters. The number of hydrogen-bond acceptors (Lipinski definition) is 4. The van der Waals surface area contributed by atoms with Crippen molar-refractivity contribution in [1.82, 2.24) is 4.68 Å². The minimum Gasteiger partial charge on any atom is -0.383 e. The molecule has 5 heteroatoms. The summed E-state index contributed by atoms with van der Waals surface area (Å²) in [4.78, 5) is 12.1. The Labute approximate surface area is 220 Å². The number of ketones is 1. The van der Waals surface area contributed by atoms with Crippen molar-refractivity contribution in [3.63, 3.8) is 0 Å². The molecule has 37 heavy (non-hydrogen) atoms. The van der Waals surface area contributed by atoms with E-state index in [1.165, 1.54) is 31.3 Å². The molecule has 0 aliphatic heterocycles. The fraction of sp³-hybridized carbons (Fsp3) is 0.531. The number of aromatic nitrogens is 1. The van der Waals surface area contributed by atoms with Crippen molar-refractivity contribution in [2.45, 2.75) is 72.1 Å². The maximum Gasteiger partial charge on any atom is 0.155 e. The Kier molecular flexibility index (Phi) is 5.71. The van der Waals surface area contributed by atoms with Crippen molar-refractivity contribution >= 4 is 17.3 Å². The van der Waals surface area contributed by atoms with Gasteiger partial charge in [0.2, 0.25) is 0 Å². The van der Waals surface area contributed by atoms with Crippen molar-refractivity contribution in [3.8, 4) is 17.2 Å². The topological polar surface area (TPSA) is 84.2 Å². The summed E-state index contributed by atoms with van der Waals surface area (Å²) in [6.07, 6.45) is 12.8. The molecule has 192 valence electrons. The third-order valence-electron chi connectivity index (χ3n) is 11.0. The smallest absolute Gasteiger partial charge is 0.155 e. The standard InChI is InChI=1S/C32H38N4O/c1-20(35-36-19-26(25(18-33)30(36)34)21-7-5-4-6-8-21)27-11-12-28-24-10-9-22-17-23(37)13-15-31(22,2)29(24)14-16-32(27,28)3/h4-8,17,19,24,27-29H,9-16,34H2,1-3H3/b35-20+/t24-,27+,28-,29-,31-,32+/m0/s1. The lowest BCUT2D eigenvalue weighted by Gasteiger charge is -2.58. The van der Waals surface area contributed by atoms with Gasteiger partial charge >= 0.3 is 0 Å². The van der Waals surface area contributed by atoms with Crippen molar-refractivity contribution in [2.24, 2.45) is 39.6 Å². The molecule has 1 heterocycles. The summed E-state index contributed by atoms with van der Waals surface area (Å²) in [7, 11) is 0. The van der Waals surface area contributed by atoms with E-state index in [0.29, 0.717) is 41.3 Å². The summed E-state index contributed by atoms with van der Waals surface area (Å²) >= 11 is 0. The Balaban J connectivity index is 1.29. The van der Waals surface area contributed by atoms with Crippen LogP contribution in [0.1, 0.15) is 77.7 Å². The third-order valence-corrected chi connectivity index (χ3v) is 11.0. The number of fused-ring (bicyclic) bond motifs is 5. The van der Waals surface area contributed by atoms with Gasteiger partial charge in [-0.05, 0) is 92.1 Å². The van der Waals surface area contributed by atoms with Crippen LogP contribution in [0.15, 0.2) is 53.3 Å². The Bertz CT molecular complexity index is 1340. The highest BCUT2D eigenvalue weighted by molar-refractivity contribution is 5.91. The van der Waals surface area contributed by atoms with E-state index < -0.39 is 0 Å². The molecule has 5 nitrogen and oxygen atoms in total. The molecule has 4 aliphatic rings. The van der Waals surface area contributed by atoms with Crippen LogP contribution in [-0.4, -0.2) is 16.2 Å². The lowest BCUT2D eigenvalue weighted by molar-refractivity contribution is -0.117. The average Bonchev–Trinajstić information content (AvgIpc) is 3.41. The van der Waals surface area contributed by atoms with Crippen molar-refractivity contribution < 1.29 is 4.79 Å². The SMILES string of the molecule is C/C(=N\n1cc(-c2ccccc2)c(C#N)c1N)[C@H]1CC[C@H]2[C@@H]3CCC4=CC(=O)CC[C@]4(C)[C@H]3CC[C@]12C. The zero-order valence-corrected chi connectivity index (χ0v) is 22.3. The van der Waals surface area contributed by atoms with E-state index in [9.17, 15) is 10.1 Å². The second-order valence-electron chi connectivity index (χ2n) is 12.5. The van der Waals surface area contributed by atoms with Gasteiger partial charge in [0.25, 0.3) is 0 Å². The molecule has 3 saturated carbocycles. The zero-order chi connectivity index (χ0) is 25.9. The van der Waals surface area contributed by atoms with Gasteiger partial charge in [-0.3, -0.25) is 4.79 Å². The predicted octanol–water partition coefficient (Wildman–Crippen LogP) is 6.98. The Hall–Kier alpha value is -3.13. The van der Waals surface area contributed by atoms with Crippen LogP contribution in [0.5, 0.6) is 0 Å². The number of rotatable bonds is 3. The first-order chi connectivity index (χ1) is 17.8. The molecule has 2 N–H and O–H groups in total. The van der Waals surface area contributed by atoms with Crippen LogP contribution in [0, 0.1) is 45.8 Å². The van der Waals surface area contributed by atoms with E-state index in [1.807, 2.05) is 42.6 Å². The maximum atomic E-state index is 12.1. The summed E-state index contributed by atoms with van der Waals surface area (Å²) in [6, 6.07) is 12.2. The lowest BCUT2D eigenvalue weighted by atomic mass is 9.46. The van der Waals surface area contributed by atoms with Crippen LogP contribution in [0.4, 0.5) is 5.82 Å². The summed E-state index contributed by atoms with van der Waals surface area (Å²) in [5.41, 5.74) is 11.7. The molecule has 1 aromatic heterocycles. The van der Waals surface area contributed by atoms with Gasteiger partial charge in [0.05, 0.1) is 0 Å². The molecule has 1 aromatic carbocycles. The minimum absolute atomic E-state index is 0.209. The number of carbonyl (C=O) groups excluding carboxylic acids is 1. The molecule has 0 radical (unpaired) electrons. The molecular formula is C32H38N4O. The first-order valence-corrected chi connectivity index (χ1v) is 14.0. The van der Waals surface area contributed by atoms with E-state index in [1.54, 1.807) is 4.68 Å². The number of hydrogen-bond donors (Lipinski definition) is 1. The van der Waals surface area contributed by atoms with Gasteiger partial charge in [-0.15, -0.1) is 0 Å². The molecule has 3 fully saturated rings. The summed E-state index contributed by atoms with van der Waals surface area (Å²) < 4.78 is 1.73. The molecule has 2 aromatic rings. The normalized spacial score (nSPS) is 35.2. The van der Waals surface area contributed by atoms with Gasteiger partial charge in [0, 0.05) is 29.8 Å². The molecule has 0 bridgehead atoms. The van der Waals surface area contributed by atoms with Gasteiger partial charge in [0.15, 0.2) is 5.78 Å². The van der Waals surface area contributed by atoms with Crippen LogP contribution >= 0.6 is 0 Å². The van der Waals surface area contributed by atoms with E-state index in [0.717, 1.165) is 42.0 Å². The van der Waals surface area contributed by atoms with Gasteiger partial charge in [-0.1, -0.05) is 49.8 Å². The number of nitrogens with two attached hydrogens (primary N) is 1. The summed E-state index contributed by atoms with van der Waals surface area (Å²) in [5, 5.41) is 14.9. The van der Waals surface area contributed by atoms with Crippen LogP contribution in [0.25, 0.3) is 11.1 Å². The van der Waals surface area contributed by atoms with Gasteiger partial charge in [-0.25, -0.2) is 4.68 Å². The number of allylic oxidation sites excluding steroid dienone is 1. The maximum absolute atomic E-state index is 12.1. The van der Waals surface area contributed by atoms with Crippen LogP contribution in [0.2, 0.25) is 0 Å². The van der Waals surface area contributed by atoms with Gasteiger partial charge < -0.3 is 5.73 Å². The highest BCUT2D eigenvalue weighted by Crippen LogP contribution is 2.66. The quantitative estimate of drug-likeness (QED) is 0.467. The molecule has 6 rings (SSSR count). The third kappa shape index (κ3) is 3.63. The van der Waals surface area contributed by atoms with E-state index >= 15 is 0 Å². The number of nitriles is 1. The molecule has 4 aliphatic carbocycles. The van der Waals surface area contributed by atoms with Gasteiger partial charge in [0.1, 0.15) is 17.5 Å². The number of anilines is 1. The molecule has 0 unspecified atom stereocenters. The fourth-order valence-electron chi connectivity index (χ4n) is 9.03. The van der Waals surface area contributed by atoms with E-state index in [2.05, 4.69) is 26.8 Å². The largest absolute Gasteiger partial charge is 0.383 e. The van der Waals surface area contributed by atoms with Crippen molar-refractivity contribution in [2.75, 3.05) is 5.73 Å². The molecule has 0 spiro atoms. The Morgan fingerprint density at radius 2 is 1.86 bits per heavy atom. The number of carbonyl (C=O) groups is 1. The number of benzene rings is 1. The average molecular weight is 495 g/mol. The van der Waals surface area contributed by atoms with Crippen molar-refractivity contribution in [3.05, 3.63) is 53.7 Å². The zero-order valence-electron chi connectivity index (χ0n) is 22.3. The Morgan fingerprint density at radius 1 is 1.08 bits per heavy atom. The van der Waals surface area contributed by atoms with Crippen molar-refractivity contribution in [1.29, 1.82) is 5.26 Å². The first-order valence-electron chi connectivity index (χ1n) is 14.0. The fourth-order valence-corrected chi connectivity index (χ4v) is 9.03. The Morgan fingerprint density at radius 3 is 2.62 bits per heavy atom. The highest BCUT2D eigenvalue weighted by Gasteiger charge is 2.59. The van der Waals surface area contributed by atoms with Gasteiger partial charge in [-0.2, -0.15) is 10.4 Å². The first kappa shape index (κ1) is 24.2. The molecular weight excluding hydrogens is 456 g/mol. The van der Waals surface area contributed by atoms with Crippen LogP contribution in [0.3, 0.4) is 0 Å². The van der Waals surface area contributed by atoms with E-state index in [4.69, 9.17) is 10.8 Å². The molecule has 0 amide bonds. The molecule has 0 saturated heterocycles. The minimum atomic E-state index is 0.209. The van der Waals surface area contributed by atoms with Crippen LogP contribution in [-0.2, 0) is 4.79 Å². The van der Waals surface area contributed by atoms with Crippen LogP contribution < -0.4 is 5.73 Å². The summed E-state index contributed by atoms with van der Waals surface area (Å²) in [6.45, 7) is 7.13. The second-order valence-corrected chi connectivity index (χ2v) is 12.5. The number of nitrogens with zero attached hydrogens (tertiary/aromatic N) is 3. The lowest BCUT2D eigenvalue weighted by Crippen LogP contribution is -2.51. The number of nitrogen functional groups attached to an aromatic ring is 1.